The van der Waals surface area contributed by atoms with Crippen LogP contribution in [0.1, 0.15) is 36.0 Å². The predicted octanol–water partition coefficient (Wildman–Crippen LogP) is 3.58. The van der Waals surface area contributed by atoms with Crippen molar-refractivity contribution in [2.75, 3.05) is 44.5 Å². The second-order valence-electron chi connectivity index (χ2n) is 7.58. The number of benzene rings is 2. The normalized spacial score (nSPS) is 15.3. The van der Waals surface area contributed by atoms with Crippen molar-refractivity contribution in [3.8, 4) is 5.75 Å². The molecule has 2 aromatic rings. The lowest BCUT2D eigenvalue weighted by Crippen LogP contribution is -2.32. The van der Waals surface area contributed by atoms with E-state index in [-0.39, 0.29) is 10.8 Å². The van der Waals surface area contributed by atoms with Gasteiger partial charge >= 0.3 is 0 Å². The number of hydrogen-bond donors (Lipinski definition) is 1. The summed E-state index contributed by atoms with van der Waals surface area (Å²) in [5.74, 6) is 0.0725. The number of methoxy groups -OCH3 is 1. The zero-order chi connectivity index (χ0) is 21.7. The van der Waals surface area contributed by atoms with Crippen molar-refractivity contribution in [2.45, 2.75) is 30.6 Å². The summed E-state index contributed by atoms with van der Waals surface area (Å²) < 4.78 is 33.1. The van der Waals surface area contributed by atoms with Crippen molar-refractivity contribution in [3.05, 3.63) is 48.0 Å². The van der Waals surface area contributed by atoms with Gasteiger partial charge in [0.2, 0.25) is 10.0 Å². The predicted molar refractivity (Wildman–Crippen MR) is 119 cm³/mol. The number of carbonyl (C=O) groups excluding carboxylic acids is 1. The van der Waals surface area contributed by atoms with E-state index in [2.05, 4.69) is 5.32 Å². The highest BCUT2D eigenvalue weighted by Gasteiger charge is 2.26. The third-order valence-electron chi connectivity index (χ3n) is 5.25. The molecule has 0 aromatic heterocycles. The molecule has 1 fully saturated rings. The Balaban J connectivity index is 1.89. The van der Waals surface area contributed by atoms with Gasteiger partial charge in [-0.25, -0.2) is 8.42 Å². The van der Waals surface area contributed by atoms with Gasteiger partial charge in [0.15, 0.2) is 0 Å². The summed E-state index contributed by atoms with van der Waals surface area (Å²) in [6.45, 7) is 1.04. The number of rotatable bonds is 6. The van der Waals surface area contributed by atoms with Gasteiger partial charge in [-0.05, 0) is 49.2 Å². The van der Waals surface area contributed by atoms with Gasteiger partial charge in [-0.3, -0.25) is 4.79 Å². The van der Waals surface area contributed by atoms with E-state index in [9.17, 15) is 13.2 Å². The molecule has 162 valence electrons. The SMILES string of the molecule is COc1ccc(S(=O)(=O)N2CCCCCC2)cc1NC(=O)c1cccc(N(C)C)c1. The molecule has 0 atom stereocenters. The van der Waals surface area contributed by atoms with Gasteiger partial charge in [0.1, 0.15) is 5.75 Å². The van der Waals surface area contributed by atoms with Crippen molar-refractivity contribution in [1.82, 2.24) is 4.31 Å². The molecular weight excluding hydrogens is 402 g/mol. The Labute approximate surface area is 178 Å². The maximum atomic E-state index is 13.1. The van der Waals surface area contributed by atoms with Crippen LogP contribution in [0.4, 0.5) is 11.4 Å². The number of hydrogen-bond acceptors (Lipinski definition) is 5. The average molecular weight is 432 g/mol. The van der Waals surface area contributed by atoms with E-state index in [4.69, 9.17) is 4.74 Å². The van der Waals surface area contributed by atoms with E-state index in [1.165, 1.54) is 23.5 Å². The Bertz CT molecular complexity index is 997. The molecular formula is C22H29N3O4S. The molecule has 0 radical (unpaired) electrons. The van der Waals surface area contributed by atoms with Crippen molar-refractivity contribution in [2.24, 2.45) is 0 Å². The highest BCUT2D eigenvalue weighted by Crippen LogP contribution is 2.30. The van der Waals surface area contributed by atoms with E-state index in [1.54, 1.807) is 18.2 Å². The monoisotopic (exact) mass is 431 g/mol. The molecule has 1 saturated heterocycles. The van der Waals surface area contributed by atoms with Crippen LogP contribution in [-0.2, 0) is 10.0 Å². The fourth-order valence-corrected chi connectivity index (χ4v) is 5.04. The Kier molecular flexibility index (Phi) is 6.99. The molecule has 1 amide bonds. The molecule has 8 heteroatoms. The minimum absolute atomic E-state index is 0.155. The number of amides is 1. The number of anilines is 2. The first kappa shape index (κ1) is 22.1. The molecule has 0 aliphatic carbocycles. The minimum Gasteiger partial charge on any atom is -0.495 e. The van der Waals surface area contributed by atoms with Crippen LogP contribution in [0.5, 0.6) is 5.75 Å². The molecule has 1 aliphatic heterocycles. The van der Waals surface area contributed by atoms with Crippen molar-refractivity contribution >= 4 is 27.3 Å². The lowest BCUT2D eigenvalue weighted by molar-refractivity contribution is 0.102. The van der Waals surface area contributed by atoms with Crippen LogP contribution in [0.3, 0.4) is 0 Å². The second-order valence-corrected chi connectivity index (χ2v) is 9.52. The number of nitrogens with one attached hydrogen (secondary N) is 1. The Morgan fingerprint density at radius 2 is 1.73 bits per heavy atom. The van der Waals surface area contributed by atoms with Crippen LogP contribution in [0, 0.1) is 0 Å². The fraction of sp³-hybridized carbons (Fsp3) is 0.409. The van der Waals surface area contributed by atoms with Crippen molar-refractivity contribution < 1.29 is 17.9 Å². The summed E-state index contributed by atoms with van der Waals surface area (Å²) in [6.07, 6.45) is 3.81. The Hall–Kier alpha value is -2.58. The van der Waals surface area contributed by atoms with E-state index in [1.807, 2.05) is 31.1 Å². The molecule has 30 heavy (non-hydrogen) atoms. The molecule has 0 saturated carbocycles. The molecule has 1 heterocycles. The number of ether oxygens (including phenoxy) is 1. The van der Waals surface area contributed by atoms with Gasteiger partial charge in [-0.1, -0.05) is 18.9 Å². The van der Waals surface area contributed by atoms with Crippen LogP contribution >= 0.6 is 0 Å². The molecule has 1 aliphatic rings. The molecule has 7 nitrogen and oxygen atoms in total. The Morgan fingerprint density at radius 1 is 1.03 bits per heavy atom. The van der Waals surface area contributed by atoms with Crippen LogP contribution in [0.25, 0.3) is 0 Å². The summed E-state index contributed by atoms with van der Waals surface area (Å²) in [5, 5.41) is 2.81. The van der Waals surface area contributed by atoms with Gasteiger partial charge in [-0.15, -0.1) is 0 Å². The zero-order valence-corrected chi connectivity index (χ0v) is 18.5. The van der Waals surface area contributed by atoms with Gasteiger partial charge in [0.05, 0.1) is 17.7 Å². The third-order valence-corrected chi connectivity index (χ3v) is 7.14. The molecule has 1 N–H and O–H groups in total. The summed E-state index contributed by atoms with van der Waals surface area (Å²) in [6, 6.07) is 11.8. The average Bonchev–Trinajstić information content (AvgIpc) is 3.04. The molecule has 0 unspecified atom stereocenters. The van der Waals surface area contributed by atoms with Crippen molar-refractivity contribution in [1.29, 1.82) is 0 Å². The van der Waals surface area contributed by atoms with E-state index >= 15 is 0 Å². The first-order chi connectivity index (χ1) is 14.3. The van der Waals surface area contributed by atoms with Gasteiger partial charge in [-0.2, -0.15) is 4.31 Å². The van der Waals surface area contributed by atoms with Crippen LogP contribution < -0.4 is 15.0 Å². The summed E-state index contributed by atoms with van der Waals surface area (Å²) in [4.78, 5) is 14.9. The lowest BCUT2D eigenvalue weighted by Gasteiger charge is -2.21. The molecule has 3 rings (SSSR count). The Morgan fingerprint density at radius 3 is 2.37 bits per heavy atom. The number of sulfonamides is 1. The quantitative estimate of drug-likeness (QED) is 0.756. The maximum Gasteiger partial charge on any atom is 0.255 e. The van der Waals surface area contributed by atoms with E-state index in [0.29, 0.717) is 30.1 Å². The van der Waals surface area contributed by atoms with E-state index in [0.717, 1.165) is 31.4 Å². The fourth-order valence-electron chi connectivity index (χ4n) is 3.50. The van der Waals surface area contributed by atoms with Gasteiger partial charge in [0, 0.05) is 38.4 Å². The largest absolute Gasteiger partial charge is 0.495 e. The number of carbonyl (C=O) groups is 1. The number of nitrogens with zero attached hydrogens (tertiary/aromatic N) is 2. The molecule has 0 spiro atoms. The molecule has 0 bridgehead atoms. The minimum atomic E-state index is -3.63. The van der Waals surface area contributed by atoms with Crippen LogP contribution in [0.2, 0.25) is 0 Å². The summed E-state index contributed by atoms with van der Waals surface area (Å²) in [7, 11) is 1.66. The highest BCUT2D eigenvalue weighted by atomic mass is 32.2. The first-order valence-corrected chi connectivity index (χ1v) is 11.5. The van der Waals surface area contributed by atoms with Crippen LogP contribution in [0.15, 0.2) is 47.4 Å². The first-order valence-electron chi connectivity index (χ1n) is 10.1. The van der Waals surface area contributed by atoms with Crippen molar-refractivity contribution in [3.63, 3.8) is 0 Å². The van der Waals surface area contributed by atoms with E-state index < -0.39 is 10.0 Å². The van der Waals surface area contributed by atoms with Gasteiger partial charge in [0.25, 0.3) is 5.91 Å². The summed E-state index contributed by atoms with van der Waals surface area (Å²) >= 11 is 0. The lowest BCUT2D eigenvalue weighted by atomic mass is 10.1. The molecule has 2 aromatic carbocycles. The smallest absolute Gasteiger partial charge is 0.255 e. The third kappa shape index (κ3) is 4.94. The van der Waals surface area contributed by atoms with Crippen LogP contribution in [-0.4, -0.2) is 52.9 Å². The van der Waals surface area contributed by atoms with Gasteiger partial charge < -0.3 is 15.0 Å². The standard InChI is InChI=1S/C22H29N3O4S/c1-24(2)18-10-8-9-17(15-18)22(26)23-20-16-19(11-12-21(20)29-3)30(27,28)25-13-6-4-5-7-14-25/h8-12,15-16H,4-7,13-14H2,1-3H3,(H,23,26). The second kappa shape index (κ2) is 9.49. The highest BCUT2D eigenvalue weighted by molar-refractivity contribution is 7.89. The topological polar surface area (TPSA) is 79.0 Å². The maximum absolute atomic E-state index is 13.1. The zero-order valence-electron chi connectivity index (χ0n) is 17.7. The summed E-state index contributed by atoms with van der Waals surface area (Å²) in [5.41, 5.74) is 1.70.